The van der Waals surface area contributed by atoms with E-state index in [1.807, 2.05) is 12.4 Å². The highest BCUT2D eigenvalue weighted by Crippen LogP contribution is 2.39. The van der Waals surface area contributed by atoms with Crippen LogP contribution in [0.15, 0.2) is 12.4 Å². The van der Waals surface area contributed by atoms with Crippen molar-refractivity contribution in [2.75, 3.05) is 51.2 Å². The molecule has 1 aromatic heterocycles. The molecule has 1 N–H and O–H groups in total. The minimum Gasteiger partial charge on any atom is -0.391 e. The lowest BCUT2D eigenvalue weighted by Crippen LogP contribution is -2.55. The smallest absolute Gasteiger partial charge is 0.225 e. The summed E-state index contributed by atoms with van der Waals surface area (Å²) in [5.41, 5.74) is 1.22. The first-order valence-electron chi connectivity index (χ1n) is 10.3. The number of rotatable bonds is 4. The van der Waals surface area contributed by atoms with Gasteiger partial charge in [-0.3, -0.25) is 4.90 Å². The average Bonchev–Trinajstić information content (AvgIpc) is 3.05. The predicted octanol–water partition coefficient (Wildman–Crippen LogP) is 1.25. The number of aromatic nitrogens is 2. The second-order valence-corrected chi connectivity index (χ2v) is 8.51. The van der Waals surface area contributed by atoms with Crippen molar-refractivity contribution in [2.45, 2.75) is 44.8 Å². The van der Waals surface area contributed by atoms with Crippen LogP contribution in [0.5, 0.6) is 0 Å². The highest BCUT2D eigenvalue weighted by molar-refractivity contribution is 5.33. The van der Waals surface area contributed by atoms with E-state index < -0.39 is 0 Å². The minimum absolute atomic E-state index is 0.188. The number of aliphatic hydroxyl groups is 1. The van der Waals surface area contributed by atoms with Gasteiger partial charge in [-0.25, -0.2) is 9.97 Å². The van der Waals surface area contributed by atoms with Gasteiger partial charge >= 0.3 is 0 Å². The van der Waals surface area contributed by atoms with Gasteiger partial charge in [-0.2, -0.15) is 0 Å². The van der Waals surface area contributed by atoms with Crippen LogP contribution < -0.4 is 4.90 Å². The first kappa shape index (κ1) is 18.1. The third kappa shape index (κ3) is 3.73. The average molecular weight is 360 g/mol. The summed E-state index contributed by atoms with van der Waals surface area (Å²) in [5, 5.41) is 10.8. The summed E-state index contributed by atoms with van der Waals surface area (Å²) in [7, 11) is 2.19. The van der Waals surface area contributed by atoms with Crippen LogP contribution in [0.1, 0.15) is 31.7 Å². The summed E-state index contributed by atoms with van der Waals surface area (Å²) in [5.74, 6) is 2.10. The predicted molar refractivity (Wildman–Crippen MR) is 103 cm³/mol. The second kappa shape index (κ2) is 7.79. The van der Waals surface area contributed by atoms with Gasteiger partial charge in [0, 0.05) is 57.7 Å². The quantitative estimate of drug-likeness (QED) is 0.873. The van der Waals surface area contributed by atoms with Gasteiger partial charge in [0.05, 0.1) is 6.10 Å². The summed E-state index contributed by atoms with van der Waals surface area (Å²) in [6, 6.07) is 0.331. The van der Waals surface area contributed by atoms with Crippen molar-refractivity contribution in [2.24, 2.45) is 11.8 Å². The molecule has 3 heterocycles. The Morgan fingerprint density at radius 1 is 1.04 bits per heavy atom. The summed E-state index contributed by atoms with van der Waals surface area (Å²) in [4.78, 5) is 16.5. The lowest BCUT2D eigenvalue weighted by molar-refractivity contribution is -0.0249. The maximum atomic E-state index is 10.8. The molecule has 2 aliphatic heterocycles. The van der Waals surface area contributed by atoms with Crippen LogP contribution in [0, 0.1) is 11.8 Å². The third-order valence-electron chi connectivity index (χ3n) is 6.63. The Kier molecular flexibility index (Phi) is 5.43. The molecule has 1 aliphatic carbocycles. The van der Waals surface area contributed by atoms with E-state index in [9.17, 15) is 5.11 Å². The molecule has 0 bridgehead atoms. The van der Waals surface area contributed by atoms with E-state index in [0.717, 1.165) is 70.9 Å². The van der Waals surface area contributed by atoms with E-state index in [4.69, 9.17) is 0 Å². The largest absolute Gasteiger partial charge is 0.391 e. The molecule has 6 heteroatoms. The Morgan fingerprint density at radius 3 is 2.35 bits per heavy atom. The van der Waals surface area contributed by atoms with Crippen molar-refractivity contribution in [3.05, 3.63) is 18.0 Å². The van der Waals surface area contributed by atoms with Crippen LogP contribution in [0.4, 0.5) is 5.95 Å². The van der Waals surface area contributed by atoms with Crippen molar-refractivity contribution in [1.29, 1.82) is 0 Å². The summed E-state index contributed by atoms with van der Waals surface area (Å²) >= 11 is 0. The van der Waals surface area contributed by atoms with Gasteiger partial charge in [0.25, 0.3) is 0 Å². The first-order valence-corrected chi connectivity index (χ1v) is 10.3. The van der Waals surface area contributed by atoms with E-state index in [2.05, 4.69) is 38.6 Å². The van der Waals surface area contributed by atoms with Gasteiger partial charge in [-0.1, -0.05) is 13.3 Å². The monoisotopic (exact) mass is 359 g/mol. The molecule has 0 radical (unpaired) electrons. The summed E-state index contributed by atoms with van der Waals surface area (Å²) in [6.07, 6.45) is 7.98. The fourth-order valence-corrected chi connectivity index (χ4v) is 5.05. The second-order valence-electron chi connectivity index (χ2n) is 8.51. The molecule has 1 aromatic rings. The minimum atomic E-state index is -0.188. The van der Waals surface area contributed by atoms with E-state index in [0.29, 0.717) is 17.9 Å². The maximum absolute atomic E-state index is 10.8. The fraction of sp³-hybridized carbons (Fsp3) is 0.800. The Labute approximate surface area is 157 Å². The Morgan fingerprint density at radius 2 is 1.69 bits per heavy atom. The number of likely N-dealkylation sites (N-methyl/N-ethyl adjacent to an activating group) is 1. The molecular weight excluding hydrogens is 326 g/mol. The van der Waals surface area contributed by atoms with E-state index >= 15 is 0 Å². The standard InChI is InChI=1S/C20H33N5O/c1-3-4-15-11-21-20(22-12-15)25-13-16-9-18(19(26)10-17(16)14-25)24-7-5-23(2)6-8-24/h11-12,16-19,26H,3-10,13-14H2,1-2H3/t16-,17+,18-,19-/m1/s1. The number of aryl methyl sites for hydroxylation is 1. The number of nitrogens with zero attached hydrogens (tertiary/aromatic N) is 5. The molecular formula is C20H33N5O. The number of fused-ring (bicyclic) bond motifs is 1. The third-order valence-corrected chi connectivity index (χ3v) is 6.63. The van der Waals surface area contributed by atoms with Crippen molar-refractivity contribution < 1.29 is 5.11 Å². The number of hydrogen-bond acceptors (Lipinski definition) is 6. The number of aliphatic hydroxyl groups excluding tert-OH is 1. The van der Waals surface area contributed by atoms with Crippen LogP contribution in [0.25, 0.3) is 0 Å². The number of piperazine rings is 1. The molecule has 144 valence electrons. The molecule has 0 unspecified atom stereocenters. The molecule has 3 fully saturated rings. The van der Waals surface area contributed by atoms with Crippen LogP contribution in [-0.2, 0) is 6.42 Å². The van der Waals surface area contributed by atoms with Gasteiger partial charge in [0.1, 0.15) is 0 Å². The molecule has 26 heavy (non-hydrogen) atoms. The lowest BCUT2D eigenvalue weighted by Gasteiger charge is -2.44. The molecule has 0 spiro atoms. The van der Waals surface area contributed by atoms with Crippen LogP contribution in [0.2, 0.25) is 0 Å². The van der Waals surface area contributed by atoms with Crippen LogP contribution in [0.3, 0.4) is 0 Å². The number of anilines is 1. The molecule has 0 amide bonds. The number of hydrogen-bond donors (Lipinski definition) is 1. The molecule has 2 saturated heterocycles. The SMILES string of the molecule is CCCc1cnc(N2C[C@H]3C[C@@H](N4CCN(C)CC4)[C@H](O)C[C@H]3C2)nc1. The molecule has 6 nitrogen and oxygen atoms in total. The zero-order valence-electron chi connectivity index (χ0n) is 16.2. The van der Waals surface area contributed by atoms with E-state index in [-0.39, 0.29) is 6.10 Å². The van der Waals surface area contributed by atoms with Crippen LogP contribution >= 0.6 is 0 Å². The van der Waals surface area contributed by atoms with Crippen molar-refractivity contribution in [3.63, 3.8) is 0 Å². The van der Waals surface area contributed by atoms with Crippen molar-refractivity contribution in [1.82, 2.24) is 19.8 Å². The summed E-state index contributed by atoms with van der Waals surface area (Å²) < 4.78 is 0. The molecule has 4 rings (SSSR count). The van der Waals surface area contributed by atoms with Gasteiger partial charge in [0.2, 0.25) is 5.95 Å². The molecule has 4 atom stereocenters. The maximum Gasteiger partial charge on any atom is 0.225 e. The zero-order chi connectivity index (χ0) is 18.1. The fourth-order valence-electron chi connectivity index (χ4n) is 5.05. The van der Waals surface area contributed by atoms with Crippen molar-refractivity contribution >= 4 is 5.95 Å². The van der Waals surface area contributed by atoms with Crippen molar-refractivity contribution in [3.8, 4) is 0 Å². The van der Waals surface area contributed by atoms with Gasteiger partial charge < -0.3 is 14.9 Å². The van der Waals surface area contributed by atoms with E-state index in [1.165, 1.54) is 5.56 Å². The van der Waals surface area contributed by atoms with Gasteiger partial charge in [0.15, 0.2) is 0 Å². The topological polar surface area (TPSA) is 55.7 Å². The Hall–Kier alpha value is -1.24. The molecule has 1 saturated carbocycles. The highest BCUT2D eigenvalue weighted by atomic mass is 16.3. The Bertz CT molecular complexity index is 586. The van der Waals surface area contributed by atoms with Gasteiger partial charge in [-0.15, -0.1) is 0 Å². The normalized spacial score (nSPS) is 33.4. The van der Waals surface area contributed by atoms with Crippen LogP contribution in [-0.4, -0.2) is 83.3 Å². The zero-order valence-corrected chi connectivity index (χ0v) is 16.2. The molecule has 0 aromatic carbocycles. The van der Waals surface area contributed by atoms with Gasteiger partial charge in [-0.05, 0) is 43.7 Å². The lowest BCUT2D eigenvalue weighted by atomic mass is 9.77. The summed E-state index contributed by atoms with van der Waals surface area (Å²) in [6.45, 7) is 8.60. The first-order chi connectivity index (χ1) is 12.6. The molecule has 3 aliphatic rings. The highest BCUT2D eigenvalue weighted by Gasteiger charge is 2.44. The Balaban J connectivity index is 1.39. The van der Waals surface area contributed by atoms with E-state index in [1.54, 1.807) is 0 Å².